The highest BCUT2D eigenvalue weighted by Crippen LogP contribution is 2.45. The fraction of sp³-hybridized carbons (Fsp3) is 0.180. The summed E-state index contributed by atoms with van der Waals surface area (Å²) in [6.07, 6.45) is 9.32. The van der Waals surface area contributed by atoms with E-state index in [1.54, 1.807) is 0 Å². The van der Waals surface area contributed by atoms with Crippen LogP contribution < -0.4 is 9.13 Å². The number of hydrogen-bond acceptors (Lipinski definition) is 2. The maximum Gasteiger partial charge on any atom is 0.218 e. The molecular weight excluding hydrogens is 789 g/mol. The first-order valence-electron chi connectivity index (χ1n) is 23.1. The molecule has 0 fully saturated rings. The average molecular weight is 843 g/mol. The van der Waals surface area contributed by atoms with Gasteiger partial charge in [0.05, 0.1) is 34.9 Å². The standard InChI is InChI=1S/C61H54N4/c1-39-29-31-65-56(33-39)50-20-14-13-19-49(50)51-26-25-43-23-24-46(36-54(43)58-37-47(61(4,5)6)30-32-64(58)41(3)34-57(51)65)48-27-28-52(53-35-45(22-21-40(53)2)42-15-9-7-10-16-42)59-60(48)63-55(38-62-59)44-17-11-8-12-18-44/h7-24,27-33,35-38,51,57H,3,25-26,34H2,1-2,4-6H3/q+2. The Morgan fingerprint density at radius 3 is 2.11 bits per heavy atom. The zero-order valence-electron chi connectivity index (χ0n) is 38.0. The summed E-state index contributed by atoms with van der Waals surface area (Å²) in [5.74, 6) is 0.318. The predicted octanol–water partition coefficient (Wildman–Crippen LogP) is 14.3. The summed E-state index contributed by atoms with van der Waals surface area (Å²) in [6, 6.07) is 58.1. The Labute approximate surface area is 383 Å². The minimum absolute atomic E-state index is 0.0414. The van der Waals surface area contributed by atoms with Gasteiger partial charge in [-0.25, -0.2) is 4.98 Å². The molecule has 2 aliphatic heterocycles. The fourth-order valence-corrected chi connectivity index (χ4v) is 10.5. The molecule has 6 aromatic carbocycles. The summed E-state index contributed by atoms with van der Waals surface area (Å²) >= 11 is 0. The van der Waals surface area contributed by atoms with E-state index in [9.17, 15) is 0 Å². The number of benzene rings is 6. The summed E-state index contributed by atoms with van der Waals surface area (Å²) in [7, 11) is 0. The number of rotatable bonds is 4. The highest BCUT2D eigenvalue weighted by molar-refractivity contribution is 6.02. The van der Waals surface area contributed by atoms with Gasteiger partial charge in [-0.2, -0.15) is 9.13 Å². The number of aryl methyl sites for hydroxylation is 3. The quantitative estimate of drug-likeness (QED) is 0.165. The van der Waals surface area contributed by atoms with Crippen LogP contribution in [-0.4, -0.2) is 9.97 Å². The minimum atomic E-state index is -0.0414. The molecule has 9 aromatic rings. The summed E-state index contributed by atoms with van der Waals surface area (Å²) in [6.45, 7) is 16.2. The molecule has 316 valence electrons. The van der Waals surface area contributed by atoms with Crippen molar-refractivity contribution in [1.82, 2.24) is 9.97 Å². The van der Waals surface area contributed by atoms with Crippen molar-refractivity contribution in [3.63, 3.8) is 0 Å². The Morgan fingerprint density at radius 2 is 1.31 bits per heavy atom. The van der Waals surface area contributed by atoms with Crippen molar-refractivity contribution in [2.75, 3.05) is 0 Å². The second-order valence-electron chi connectivity index (χ2n) is 19.2. The van der Waals surface area contributed by atoms with Crippen LogP contribution in [0.25, 0.3) is 83.9 Å². The third-order valence-electron chi connectivity index (χ3n) is 14.0. The average Bonchev–Trinajstić information content (AvgIpc) is 3.33. The monoisotopic (exact) mass is 842 g/mol. The lowest BCUT2D eigenvalue weighted by Crippen LogP contribution is -2.49. The lowest BCUT2D eigenvalue weighted by Gasteiger charge is -2.31. The summed E-state index contributed by atoms with van der Waals surface area (Å²) in [4.78, 5) is 10.8. The highest BCUT2D eigenvalue weighted by Gasteiger charge is 2.42. The third kappa shape index (κ3) is 7.28. The second kappa shape index (κ2) is 16.0. The first kappa shape index (κ1) is 40.5. The van der Waals surface area contributed by atoms with E-state index >= 15 is 0 Å². The van der Waals surface area contributed by atoms with Crippen LogP contribution in [-0.2, 0) is 11.8 Å². The third-order valence-corrected chi connectivity index (χ3v) is 14.0. The Balaban J connectivity index is 1.11. The number of fused-ring (bicyclic) bond motifs is 10. The summed E-state index contributed by atoms with van der Waals surface area (Å²) in [5.41, 5.74) is 23.1. The molecule has 2 aliphatic rings. The predicted molar refractivity (Wildman–Crippen MR) is 267 cm³/mol. The molecule has 0 radical (unpaired) electrons. The van der Waals surface area contributed by atoms with Crippen molar-refractivity contribution in [2.45, 2.75) is 71.3 Å². The highest BCUT2D eigenvalue weighted by atomic mass is 15.0. The molecule has 0 bridgehead atoms. The van der Waals surface area contributed by atoms with Gasteiger partial charge in [-0.3, -0.25) is 4.98 Å². The van der Waals surface area contributed by atoms with Gasteiger partial charge in [0.1, 0.15) is 0 Å². The van der Waals surface area contributed by atoms with Crippen molar-refractivity contribution in [2.24, 2.45) is 0 Å². The van der Waals surface area contributed by atoms with E-state index in [1.165, 1.54) is 61.5 Å². The molecule has 5 heterocycles. The maximum absolute atomic E-state index is 5.50. The summed E-state index contributed by atoms with van der Waals surface area (Å²) in [5, 5.41) is 0. The molecule has 0 saturated carbocycles. The molecule has 11 rings (SSSR count). The molecule has 2 atom stereocenters. The van der Waals surface area contributed by atoms with Gasteiger partial charge in [-0.05, 0) is 107 Å². The number of pyridine rings is 2. The van der Waals surface area contributed by atoms with Crippen molar-refractivity contribution in [1.29, 1.82) is 0 Å². The van der Waals surface area contributed by atoms with E-state index in [0.717, 1.165) is 69.5 Å². The van der Waals surface area contributed by atoms with E-state index < -0.39 is 0 Å². The van der Waals surface area contributed by atoms with E-state index in [2.05, 4.69) is 208 Å². The first-order valence-corrected chi connectivity index (χ1v) is 23.1. The smallest absolute Gasteiger partial charge is 0.218 e. The van der Waals surface area contributed by atoms with E-state index in [4.69, 9.17) is 16.5 Å². The van der Waals surface area contributed by atoms with Crippen LogP contribution in [0.1, 0.15) is 73.4 Å². The largest absolute Gasteiger partial charge is 0.252 e. The van der Waals surface area contributed by atoms with Gasteiger partial charge >= 0.3 is 0 Å². The van der Waals surface area contributed by atoms with Crippen molar-refractivity contribution < 1.29 is 9.13 Å². The maximum atomic E-state index is 5.50. The normalized spacial score (nSPS) is 15.6. The number of aromatic nitrogens is 4. The lowest BCUT2D eigenvalue weighted by molar-refractivity contribution is -0.720. The number of hydrogen-bond donors (Lipinski definition) is 0. The van der Waals surface area contributed by atoms with Crippen molar-refractivity contribution >= 4 is 16.7 Å². The van der Waals surface area contributed by atoms with Crippen molar-refractivity contribution in [3.05, 3.63) is 211 Å². The van der Waals surface area contributed by atoms with Crippen LogP contribution in [0.3, 0.4) is 0 Å². The van der Waals surface area contributed by atoms with Gasteiger partial charge in [0.25, 0.3) is 0 Å². The van der Waals surface area contributed by atoms with Gasteiger partial charge in [0, 0.05) is 52.4 Å². The SMILES string of the molecule is C=C1CC2C(CCc3ccc(-c4ccc(-c5cc(-c6ccccc6)ccc5C)c5ncc(-c6ccccc6)nc45)cc3-c3cc(C(C)(C)C)cc[n+]31)c1ccccc1-c1cc(C)cc[n+]12. The Hall–Kier alpha value is -7.30. The molecular formula is C61H54N4+2. The van der Waals surface area contributed by atoms with Gasteiger partial charge < -0.3 is 0 Å². The van der Waals surface area contributed by atoms with E-state index in [0.29, 0.717) is 5.92 Å². The Bertz CT molecular complexity index is 3320. The Morgan fingerprint density at radius 1 is 0.585 bits per heavy atom. The summed E-state index contributed by atoms with van der Waals surface area (Å²) < 4.78 is 4.92. The zero-order chi connectivity index (χ0) is 44.4. The topological polar surface area (TPSA) is 33.5 Å². The van der Waals surface area contributed by atoms with Crippen LogP contribution in [0.2, 0.25) is 0 Å². The Kier molecular flexibility index (Phi) is 9.99. The molecule has 0 aliphatic carbocycles. The van der Waals surface area contributed by atoms with Gasteiger partial charge in [0.15, 0.2) is 24.1 Å². The minimum Gasteiger partial charge on any atom is -0.252 e. The number of allylic oxidation sites excluding steroid dienone is 1. The van der Waals surface area contributed by atoms with E-state index in [1.807, 2.05) is 12.3 Å². The van der Waals surface area contributed by atoms with Gasteiger partial charge in [0.2, 0.25) is 11.4 Å². The first-order chi connectivity index (χ1) is 31.6. The fourth-order valence-electron chi connectivity index (χ4n) is 10.5. The molecule has 0 spiro atoms. The van der Waals surface area contributed by atoms with Crippen LogP contribution in [0.5, 0.6) is 0 Å². The lowest BCUT2D eigenvalue weighted by atomic mass is 9.77. The van der Waals surface area contributed by atoms with Crippen LogP contribution in [0.4, 0.5) is 0 Å². The van der Waals surface area contributed by atoms with Crippen LogP contribution in [0, 0.1) is 13.8 Å². The molecule has 2 unspecified atom stereocenters. The van der Waals surface area contributed by atoms with Crippen LogP contribution in [0.15, 0.2) is 183 Å². The zero-order valence-corrected chi connectivity index (χ0v) is 38.0. The molecule has 4 nitrogen and oxygen atoms in total. The molecule has 4 heteroatoms. The molecule has 0 N–H and O–H groups in total. The van der Waals surface area contributed by atoms with Gasteiger partial charge in [-0.1, -0.05) is 136 Å². The molecule has 65 heavy (non-hydrogen) atoms. The molecule has 0 amide bonds. The molecule has 0 saturated heterocycles. The molecule has 3 aromatic heterocycles. The second-order valence-corrected chi connectivity index (χ2v) is 19.2. The van der Waals surface area contributed by atoms with Crippen molar-refractivity contribution in [3.8, 4) is 67.2 Å². The van der Waals surface area contributed by atoms with Crippen LogP contribution >= 0.6 is 0 Å². The number of nitrogens with zero attached hydrogens (tertiary/aromatic N) is 4. The van der Waals surface area contributed by atoms with E-state index in [-0.39, 0.29) is 11.5 Å². The van der Waals surface area contributed by atoms with Gasteiger partial charge in [-0.15, -0.1) is 0 Å².